The molecule has 2 aromatic heterocycles. The average Bonchev–Trinajstić information content (AvgIpc) is 2.97. The Labute approximate surface area is 125 Å². The summed E-state index contributed by atoms with van der Waals surface area (Å²) < 4.78 is 42.2. The lowest BCUT2D eigenvalue weighted by Gasteiger charge is -2.32. The van der Waals surface area contributed by atoms with E-state index in [9.17, 15) is 13.2 Å². The zero-order valence-electron chi connectivity index (χ0n) is 11.8. The van der Waals surface area contributed by atoms with Crippen LogP contribution >= 0.6 is 0 Å². The molecule has 0 radical (unpaired) electrons. The number of anilines is 1. The van der Waals surface area contributed by atoms with Crippen LogP contribution in [0.4, 0.5) is 19.0 Å². The first-order valence-corrected chi connectivity index (χ1v) is 6.94. The molecule has 1 fully saturated rings. The standard InChI is InChI=1S/C15H15F3N4/c1-2-11-9-22(10-20-11)12-7-13(16)14(19-8-12)21-5-3-15(17,18)4-6-21/h2,7-10H,1,3-6H2. The molecule has 0 aliphatic carbocycles. The fourth-order valence-electron chi connectivity index (χ4n) is 2.42. The van der Waals surface area contributed by atoms with Crippen molar-refractivity contribution in [3.05, 3.63) is 42.9 Å². The van der Waals surface area contributed by atoms with Gasteiger partial charge in [0.25, 0.3) is 5.92 Å². The molecule has 0 aromatic carbocycles. The average molecular weight is 308 g/mol. The van der Waals surface area contributed by atoms with Crippen molar-refractivity contribution in [1.29, 1.82) is 0 Å². The molecule has 1 aliphatic rings. The lowest BCUT2D eigenvalue weighted by Crippen LogP contribution is -2.40. The molecule has 1 saturated heterocycles. The van der Waals surface area contributed by atoms with Crippen molar-refractivity contribution >= 4 is 11.9 Å². The molecule has 0 spiro atoms. The van der Waals surface area contributed by atoms with Gasteiger partial charge >= 0.3 is 0 Å². The van der Waals surface area contributed by atoms with Gasteiger partial charge in [-0.3, -0.25) is 0 Å². The van der Waals surface area contributed by atoms with Gasteiger partial charge in [0, 0.05) is 38.2 Å². The zero-order chi connectivity index (χ0) is 15.7. The van der Waals surface area contributed by atoms with Gasteiger partial charge < -0.3 is 9.47 Å². The number of nitrogens with zero attached hydrogens (tertiary/aromatic N) is 4. The highest BCUT2D eigenvalue weighted by Crippen LogP contribution is 2.31. The quantitative estimate of drug-likeness (QED) is 0.872. The minimum atomic E-state index is -2.66. The van der Waals surface area contributed by atoms with Gasteiger partial charge in [-0.25, -0.2) is 23.1 Å². The van der Waals surface area contributed by atoms with Gasteiger partial charge in [-0.05, 0) is 6.08 Å². The Kier molecular flexibility index (Phi) is 3.64. The molecule has 0 atom stereocenters. The minimum absolute atomic E-state index is 0.0992. The maximum Gasteiger partial charge on any atom is 0.251 e. The summed E-state index contributed by atoms with van der Waals surface area (Å²) in [5.41, 5.74) is 1.19. The molecule has 3 rings (SSSR count). The summed E-state index contributed by atoms with van der Waals surface area (Å²) >= 11 is 0. The van der Waals surface area contributed by atoms with Crippen LogP contribution in [0.5, 0.6) is 0 Å². The van der Waals surface area contributed by atoms with E-state index in [2.05, 4.69) is 16.5 Å². The smallest absolute Gasteiger partial charge is 0.251 e. The Bertz CT molecular complexity index is 686. The molecule has 22 heavy (non-hydrogen) atoms. The Hall–Kier alpha value is -2.31. The highest BCUT2D eigenvalue weighted by Gasteiger charge is 2.35. The Morgan fingerprint density at radius 2 is 1.95 bits per heavy atom. The van der Waals surface area contributed by atoms with Gasteiger partial charge in [-0.15, -0.1) is 0 Å². The van der Waals surface area contributed by atoms with Crippen LogP contribution in [0.3, 0.4) is 0 Å². The van der Waals surface area contributed by atoms with E-state index in [1.807, 2.05) is 0 Å². The van der Waals surface area contributed by atoms with Gasteiger partial charge in [-0.1, -0.05) is 6.58 Å². The Morgan fingerprint density at radius 3 is 2.55 bits per heavy atom. The van der Waals surface area contributed by atoms with Gasteiger partial charge in [0.05, 0.1) is 23.9 Å². The molecule has 116 valence electrons. The molecular weight excluding hydrogens is 293 g/mol. The van der Waals surface area contributed by atoms with Gasteiger partial charge in [0.15, 0.2) is 11.6 Å². The van der Waals surface area contributed by atoms with Crippen molar-refractivity contribution in [3.63, 3.8) is 0 Å². The molecule has 3 heterocycles. The molecule has 0 unspecified atom stereocenters. The van der Waals surface area contributed by atoms with Crippen molar-refractivity contribution in [2.24, 2.45) is 0 Å². The third-order valence-corrected chi connectivity index (χ3v) is 3.71. The summed E-state index contributed by atoms with van der Waals surface area (Å²) in [6, 6.07) is 1.32. The van der Waals surface area contributed by atoms with Crippen molar-refractivity contribution in [2.75, 3.05) is 18.0 Å². The molecule has 7 heteroatoms. The van der Waals surface area contributed by atoms with E-state index in [0.29, 0.717) is 11.4 Å². The van der Waals surface area contributed by atoms with E-state index in [-0.39, 0.29) is 31.7 Å². The number of rotatable bonds is 3. The summed E-state index contributed by atoms with van der Waals surface area (Å²) in [5, 5.41) is 0. The highest BCUT2D eigenvalue weighted by atomic mass is 19.3. The minimum Gasteiger partial charge on any atom is -0.354 e. The van der Waals surface area contributed by atoms with Crippen molar-refractivity contribution in [1.82, 2.24) is 14.5 Å². The number of halogens is 3. The molecule has 4 nitrogen and oxygen atoms in total. The maximum absolute atomic E-state index is 14.3. The second kappa shape index (κ2) is 5.47. The summed E-state index contributed by atoms with van der Waals surface area (Å²) in [4.78, 5) is 9.72. The van der Waals surface area contributed by atoms with Gasteiger partial charge in [-0.2, -0.15) is 0 Å². The Balaban J connectivity index is 1.82. The fourth-order valence-corrected chi connectivity index (χ4v) is 2.42. The number of piperidine rings is 1. The summed E-state index contributed by atoms with van der Waals surface area (Å²) in [5.74, 6) is -3.08. The third-order valence-electron chi connectivity index (χ3n) is 3.71. The third kappa shape index (κ3) is 2.84. The zero-order valence-corrected chi connectivity index (χ0v) is 11.8. The van der Waals surface area contributed by atoms with Crippen LogP contribution in [0.2, 0.25) is 0 Å². The molecule has 0 saturated carbocycles. The van der Waals surface area contributed by atoms with Crippen molar-refractivity contribution < 1.29 is 13.2 Å². The normalized spacial score (nSPS) is 17.5. The second-order valence-electron chi connectivity index (χ2n) is 5.25. The van der Waals surface area contributed by atoms with Crippen LogP contribution in [0.15, 0.2) is 31.4 Å². The topological polar surface area (TPSA) is 34.0 Å². The molecule has 0 amide bonds. The van der Waals surface area contributed by atoms with Crippen LogP contribution in [-0.4, -0.2) is 33.5 Å². The van der Waals surface area contributed by atoms with Gasteiger partial charge in [0.2, 0.25) is 0 Å². The van der Waals surface area contributed by atoms with Crippen LogP contribution in [0.1, 0.15) is 18.5 Å². The molecule has 0 bridgehead atoms. The van der Waals surface area contributed by atoms with E-state index in [1.165, 1.54) is 18.6 Å². The number of hydrogen-bond acceptors (Lipinski definition) is 3. The van der Waals surface area contributed by atoms with Crippen LogP contribution in [0, 0.1) is 5.82 Å². The maximum atomic E-state index is 14.3. The summed E-state index contributed by atoms with van der Waals surface area (Å²) in [7, 11) is 0. The monoisotopic (exact) mass is 308 g/mol. The van der Waals surface area contributed by atoms with Crippen LogP contribution < -0.4 is 4.90 Å². The predicted molar refractivity (Wildman–Crippen MR) is 77.8 cm³/mol. The van der Waals surface area contributed by atoms with E-state index in [1.54, 1.807) is 21.7 Å². The second-order valence-corrected chi connectivity index (χ2v) is 5.25. The largest absolute Gasteiger partial charge is 0.354 e. The molecule has 0 N–H and O–H groups in total. The van der Waals surface area contributed by atoms with Crippen molar-refractivity contribution in [3.8, 4) is 5.69 Å². The number of alkyl halides is 2. The SMILES string of the molecule is C=Cc1cn(-c2cnc(N3CCC(F)(F)CC3)c(F)c2)cn1. The number of hydrogen-bond donors (Lipinski definition) is 0. The van der Waals surface area contributed by atoms with E-state index in [4.69, 9.17) is 0 Å². The van der Waals surface area contributed by atoms with E-state index >= 15 is 0 Å². The van der Waals surface area contributed by atoms with E-state index < -0.39 is 11.7 Å². The molecule has 2 aromatic rings. The summed E-state index contributed by atoms with van der Waals surface area (Å²) in [6.45, 7) is 3.81. The predicted octanol–water partition coefficient (Wildman–Crippen LogP) is 3.28. The molecule has 1 aliphatic heterocycles. The Morgan fingerprint density at radius 1 is 1.23 bits per heavy atom. The molecular formula is C15H15F3N4. The van der Waals surface area contributed by atoms with Gasteiger partial charge in [0.1, 0.15) is 0 Å². The van der Waals surface area contributed by atoms with Crippen LogP contribution in [-0.2, 0) is 0 Å². The summed E-state index contributed by atoms with van der Waals surface area (Å²) in [6.07, 6.45) is 5.77. The van der Waals surface area contributed by atoms with Crippen LogP contribution in [0.25, 0.3) is 11.8 Å². The lowest BCUT2D eigenvalue weighted by atomic mass is 10.1. The number of pyridine rings is 1. The first kappa shape index (κ1) is 14.6. The lowest BCUT2D eigenvalue weighted by molar-refractivity contribution is -0.0222. The number of aromatic nitrogens is 3. The number of imidazole rings is 1. The first-order chi connectivity index (χ1) is 10.5. The fraction of sp³-hybridized carbons (Fsp3) is 0.333. The highest BCUT2D eigenvalue weighted by molar-refractivity contribution is 5.47. The van der Waals surface area contributed by atoms with E-state index in [0.717, 1.165) is 0 Å². The first-order valence-electron chi connectivity index (χ1n) is 6.94. The van der Waals surface area contributed by atoms with Crippen molar-refractivity contribution in [2.45, 2.75) is 18.8 Å².